The SMILES string of the molecule is O=C(OC1C=CSC2=C1CCS2(=O)=O)c1c(F)cccc1F. The minimum atomic E-state index is -3.34. The van der Waals surface area contributed by atoms with E-state index in [4.69, 9.17) is 4.74 Å². The monoisotopic (exact) mass is 344 g/mol. The van der Waals surface area contributed by atoms with Gasteiger partial charge in [-0.05, 0) is 30.0 Å². The van der Waals surface area contributed by atoms with Crippen LogP contribution in [0.25, 0.3) is 0 Å². The first-order valence-corrected chi connectivity index (χ1v) is 8.87. The number of benzene rings is 1. The number of sulfone groups is 1. The van der Waals surface area contributed by atoms with Gasteiger partial charge in [-0.1, -0.05) is 17.8 Å². The number of hydrogen-bond donors (Lipinski definition) is 0. The summed E-state index contributed by atoms with van der Waals surface area (Å²) in [5, 5.41) is 1.50. The Morgan fingerprint density at radius 2 is 1.95 bits per heavy atom. The molecule has 0 N–H and O–H groups in total. The van der Waals surface area contributed by atoms with Crippen LogP contribution in [0.2, 0.25) is 0 Å². The summed E-state index contributed by atoms with van der Waals surface area (Å²) < 4.78 is 56.1. The largest absolute Gasteiger partial charge is 0.450 e. The highest BCUT2D eigenvalue weighted by atomic mass is 32.3. The van der Waals surface area contributed by atoms with E-state index in [0.29, 0.717) is 5.57 Å². The van der Waals surface area contributed by atoms with Crippen LogP contribution in [0.1, 0.15) is 16.8 Å². The van der Waals surface area contributed by atoms with Crippen molar-refractivity contribution in [1.82, 2.24) is 0 Å². The summed E-state index contributed by atoms with van der Waals surface area (Å²) in [6.45, 7) is 0. The Balaban J connectivity index is 1.89. The number of halogens is 2. The second kappa shape index (κ2) is 5.51. The maximum absolute atomic E-state index is 13.6. The van der Waals surface area contributed by atoms with E-state index in [2.05, 4.69) is 0 Å². The molecule has 1 aromatic rings. The quantitative estimate of drug-likeness (QED) is 0.772. The third-order valence-corrected chi connectivity index (χ3v) is 6.75. The molecule has 1 unspecified atom stereocenters. The Morgan fingerprint density at radius 1 is 1.27 bits per heavy atom. The Bertz CT molecular complexity index is 792. The Labute approximate surface area is 129 Å². The standard InChI is InChI=1S/C14H10F2O4S2/c15-9-2-1-3-10(16)12(9)13(17)20-11-4-6-21-14-8(11)5-7-22(14,18)19/h1-4,6,11H,5,7H2. The van der Waals surface area contributed by atoms with E-state index in [9.17, 15) is 22.0 Å². The van der Waals surface area contributed by atoms with Gasteiger partial charge in [-0.2, -0.15) is 0 Å². The van der Waals surface area contributed by atoms with Crippen molar-refractivity contribution in [2.24, 2.45) is 0 Å². The van der Waals surface area contributed by atoms with Gasteiger partial charge < -0.3 is 4.74 Å². The highest BCUT2D eigenvalue weighted by Gasteiger charge is 2.36. The van der Waals surface area contributed by atoms with Gasteiger partial charge in [0.2, 0.25) is 0 Å². The molecule has 0 aliphatic carbocycles. The van der Waals surface area contributed by atoms with Gasteiger partial charge in [0.1, 0.15) is 27.5 Å². The van der Waals surface area contributed by atoms with Crippen molar-refractivity contribution in [2.45, 2.75) is 12.5 Å². The number of carbonyl (C=O) groups is 1. The molecular formula is C14H10F2O4S2. The smallest absolute Gasteiger partial charge is 0.345 e. The zero-order valence-corrected chi connectivity index (χ0v) is 12.7. The predicted octanol–water partition coefficient (Wildman–Crippen LogP) is 2.78. The van der Waals surface area contributed by atoms with Crippen molar-refractivity contribution in [1.29, 1.82) is 0 Å². The molecule has 0 fully saturated rings. The van der Waals surface area contributed by atoms with Crippen LogP contribution in [-0.4, -0.2) is 26.2 Å². The molecule has 1 atom stereocenters. The second-order valence-corrected chi connectivity index (χ2v) is 7.97. The van der Waals surface area contributed by atoms with Crippen LogP contribution in [0, 0.1) is 11.6 Å². The number of ether oxygens (including phenoxy) is 1. The van der Waals surface area contributed by atoms with E-state index in [0.717, 1.165) is 30.0 Å². The lowest BCUT2D eigenvalue weighted by molar-refractivity contribution is 0.0434. The molecule has 8 heteroatoms. The fourth-order valence-corrected chi connectivity index (χ4v) is 5.32. The van der Waals surface area contributed by atoms with Crippen molar-refractivity contribution in [3.05, 3.63) is 56.7 Å². The van der Waals surface area contributed by atoms with Crippen LogP contribution in [0.15, 0.2) is 39.5 Å². The van der Waals surface area contributed by atoms with Crippen LogP contribution in [0.4, 0.5) is 8.78 Å². The Morgan fingerprint density at radius 3 is 2.64 bits per heavy atom. The maximum atomic E-state index is 13.6. The molecule has 1 aromatic carbocycles. The van der Waals surface area contributed by atoms with E-state index >= 15 is 0 Å². The summed E-state index contributed by atoms with van der Waals surface area (Å²) in [6.07, 6.45) is 0.827. The zero-order valence-electron chi connectivity index (χ0n) is 11.1. The molecule has 4 nitrogen and oxygen atoms in total. The zero-order chi connectivity index (χ0) is 15.9. The lowest BCUT2D eigenvalue weighted by atomic mass is 10.1. The average Bonchev–Trinajstić information content (AvgIpc) is 2.76. The minimum Gasteiger partial charge on any atom is -0.450 e. The highest BCUT2D eigenvalue weighted by Crippen LogP contribution is 2.41. The van der Waals surface area contributed by atoms with Crippen molar-refractivity contribution in [2.75, 3.05) is 5.75 Å². The van der Waals surface area contributed by atoms with E-state index < -0.39 is 39.1 Å². The first-order chi connectivity index (χ1) is 10.4. The number of rotatable bonds is 2. The molecule has 0 saturated heterocycles. The van der Waals surface area contributed by atoms with Crippen LogP contribution in [-0.2, 0) is 14.6 Å². The van der Waals surface area contributed by atoms with E-state index in [-0.39, 0.29) is 16.4 Å². The number of hydrogen-bond acceptors (Lipinski definition) is 5. The molecule has 22 heavy (non-hydrogen) atoms. The van der Waals surface area contributed by atoms with E-state index in [1.54, 1.807) is 0 Å². The number of carbonyl (C=O) groups excluding carboxylic acids is 1. The van der Waals surface area contributed by atoms with Crippen LogP contribution >= 0.6 is 11.8 Å². The molecule has 0 bridgehead atoms. The van der Waals surface area contributed by atoms with Crippen LogP contribution in [0.5, 0.6) is 0 Å². The first-order valence-electron chi connectivity index (χ1n) is 6.34. The summed E-state index contributed by atoms with van der Waals surface area (Å²) in [7, 11) is -3.34. The van der Waals surface area contributed by atoms with E-state index in [1.165, 1.54) is 11.5 Å². The van der Waals surface area contributed by atoms with Gasteiger partial charge >= 0.3 is 5.97 Å². The molecule has 0 amide bonds. The number of esters is 1. The Hall–Kier alpha value is -1.67. The molecule has 2 heterocycles. The predicted molar refractivity (Wildman–Crippen MR) is 77.7 cm³/mol. The van der Waals surface area contributed by atoms with Crippen molar-refractivity contribution in [3.63, 3.8) is 0 Å². The fourth-order valence-electron chi connectivity index (χ4n) is 2.31. The Kier molecular flexibility index (Phi) is 3.82. The van der Waals surface area contributed by atoms with Gasteiger partial charge in [0, 0.05) is 5.57 Å². The topological polar surface area (TPSA) is 60.4 Å². The second-order valence-electron chi connectivity index (χ2n) is 4.75. The summed E-state index contributed by atoms with van der Waals surface area (Å²) in [6, 6.07) is 3.05. The summed E-state index contributed by atoms with van der Waals surface area (Å²) in [5.74, 6) is -3.25. The molecule has 0 spiro atoms. The minimum absolute atomic E-state index is 0.0472. The van der Waals surface area contributed by atoms with Gasteiger partial charge in [-0.15, -0.1) is 0 Å². The molecule has 0 aromatic heterocycles. The molecule has 0 saturated carbocycles. The highest BCUT2D eigenvalue weighted by molar-refractivity contribution is 8.20. The van der Waals surface area contributed by atoms with Gasteiger partial charge in [0.15, 0.2) is 9.84 Å². The van der Waals surface area contributed by atoms with Crippen LogP contribution < -0.4 is 0 Å². The van der Waals surface area contributed by atoms with Gasteiger partial charge in [-0.3, -0.25) is 0 Å². The summed E-state index contributed by atoms with van der Waals surface area (Å²) in [5.41, 5.74) is -0.324. The molecule has 3 rings (SSSR count). The van der Waals surface area contributed by atoms with Gasteiger partial charge in [0.25, 0.3) is 0 Å². The molecule has 2 aliphatic rings. The molecular weight excluding hydrogens is 334 g/mol. The number of thioether (sulfide) groups is 1. The van der Waals surface area contributed by atoms with Gasteiger partial charge in [-0.25, -0.2) is 22.0 Å². The average molecular weight is 344 g/mol. The first kappa shape index (κ1) is 15.2. The fraction of sp³-hybridized carbons (Fsp3) is 0.214. The van der Waals surface area contributed by atoms with Crippen molar-refractivity contribution >= 4 is 27.6 Å². The molecule has 116 valence electrons. The maximum Gasteiger partial charge on any atom is 0.345 e. The summed E-state index contributed by atoms with van der Waals surface area (Å²) >= 11 is 1.05. The van der Waals surface area contributed by atoms with Gasteiger partial charge in [0.05, 0.1) is 5.75 Å². The third kappa shape index (κ3) is 2.56. The van der Waals surface area contributed by atoms with Crippen molar-refractivity contribution in [3.8, 4) is 0 Å². The lowest BCUT2D eigenvalue weighted by Crippen LogP contribution is -2.21. The van der Waals surface area contributed by atoms with Crippen LogP contribution in [0.3, 0.4) is 0 Å². The lowest BCUT2D eigenvalue weighted by Gasteiger charge is -2.19. The summed E-state index contributed by atoms with van der Waals surface area (Å²) in [4.78, 5) is 12.0. The van der Waals surface area contributed by atoms with Crippen molar-refractivity contribution < 1.29 is 26.7 Å². The normalized spacial score (nSPS) is 22.5. The molecule has 0 radical (unpaired) electrons. The third-order valence-electron chi connectivity index (χ3n) is 3.36. The van der Waals surface area contributed by atoms with E-state index in [1.807, 2.05) is 0 Å². The molecule has 2 aliphatic heterocycles.